The van der Waals surface area contributed by atoms with E-state index in [1.165, 1.54) is 22.2 Å². The molecule has 0 bridgehead atoms. The van der Waals surface area contributed by atoms with Crippen molar-refractivity contribution in [2.45, 2.75) is 47.6 Å². The van der Waals surface area contributed by atoms with E-state index in [-0.39, 0.29) is 13.2 Å². The highest BCUT2D eigenvalue weighted by atomic mass is 16.6. The van der Waals surface area contributed by atoms with E-state index >= 15 is 0 Å². The van der Waals surface area contributed by atoms with Gasteiger partial charge in [-0.25, -0.2) is 0 Å². The molecular formula is C14H23BO2. The maximum Gasteiger partial charge on any atom is 0.494 e. The molecule has 1 aromatic rings. The van der Waals surface area contributed by atoms with Gasteiger partial charge >= 0.3 is 7.12 Å². The van der Waals surface area contributed by atoms with Gasteiger partial charge in [0.05, 0.1) is 12.7 Å². The number of rotatable bonds is 1. The molecule has 0 radical (unpaired) electrons. The van der Waals surface area contributed by atoms with Crippen molar-refractivity contribution in [1.82, 2.24) is 0 Å². The van der Waals surface area contributed by atoms with Crippen LogP contribution in [-0.2, 0) is 9.31 Å². The van der Waals surface area contributed by atoms with Gasteiger partial charge in [-0.3, -0.25) is 0 Å². The summed E-state index contributed by atoms with van der Waals surface area (Å²) in [5.74, 6) is 0. The second-order valence-electron chi connectivity index (χ2n) is 4.41. The normalized spacial score (nSPS) is 18.9. The van der Waals surface area contributed by atoms with E-state index < -0.39 is 0 Å². The van der Waals surface area contributed by atoms with E-state index in [2.05, 4.69) is 32.9 Å². The first-order chi connectivity index (χ1) is 8.08. The number of hydrogen-bond acceptors (Lipinski definition) is 2. The van der Waals surface area contributed by atoms with Crippen LogP contribution >= 0.6 is 0 Å². The second-order valence-corrected chi connectivity index (χ2v) is 4.41. The van der Waals surface area contributed by atoms with Crippen molar-refractivity contribution in [2.24, 2.45) is 0 Å². The van der Waals surface area contributed by atoms with Gasteiger partial charge in [-0.15, -0.1) is 0 Å². The fourth-order valence-electron chi connectivity index (χ4n) is 1.99. The molecule has 0 aliphatic carbocycles. The van der Waals surface area contributed by atoms with Crippen LogP contribution in [0, 0.1) is 20.8 Å². The van der Waals surface area contributed by atoms with Crippen LogP contribution in [0.2, 0.25) is 0 Å². The molecule has 2 nitrogen and oxygen atoms in total. The van der Waals surface area contributed by atoms with Gasteiger partial charge in [0.15, 0.2) is 0 Å². The lowest BCUT2D eigenvalue weighted by molar-refractivity contribution is 0.258. The molecule has 0 saturated carbocycles. The SMILES string of the molecule is CC.Cc1cc(C)c(C)c(B2OCC(C)O2)c1. The first kappa shape index (κ1) is 14.3. The predicted molar refractivity (Wildman–Crippen MR) is 73.9 cm³/mol. The Kier molecular flexibility index (Phi) is 5.22. The van der Waals surface area contributed by atoms with Gasteiger partial charge in [-0.1, -0.05) is 31.5 Å². The molecule has 0 N–H and O–H groups in total. The van der Waals surface area contributed by atoms with Crippen LogP contribution < -0.4 is 5.46 Å². The van der Waals surface area contributed by atoms with E-state index in [0.717, 1.165) is 0 Å². The highest BCUT2D eigenvalue weighted by Crippen LogP contribution is 2.13. The Morgan fingerprint density at radius 1 is 1.18 bits per heavy atom. The quantitative estimate of drug-likeness (QED) is 0.695. The smallest absolute Gasteiger partial charge is 0.405 e. The topological polar surface area (TPSA) is 18.5 Å². The van der Waals surface area contributed by atoms with E-state index in [1.54, 1.807) is 0 Å². The third-order valence-electron chi connectivity index (χ3n) is 2.94. The maximum atomic E-state index is 5.72. The molecule has 0 aromatic heterocycles. The largest absolute Gasteiger partial charge is 0.494 e. The zero-order valence-electron chi connectivity index (χ0n) is 11.8. The molecule has 0 amide bonds. The molecule has 94 valence electrons. The monoisotopic (exact) mass is 234 g/mol. The van der Waals surface area contributed by atoms with Gasteiger partial charge in [0, 0.05) is 0 Å². The number of aryl methyl sites for hydroxylation is 2. The molecular weight excluding hydrogens is 211 g/mol. The molecule has 1 unspecified atom stereocenters. The molecule has 17 heavy (non-hydrogen) atoms. The van der Waals surface area contributed by atoms with Crippen LogP contribution in [0.4, 0.5) is 0 Å². The molecule has 1 atom stereocenters. The van der Waals surface area contributed by atoms with Gasteiger partial charge in [0.1, 0.15) is 0 Å². The van der Waals surface area contributed by atoms with Crippen LogP contribution in [0.3, 0.4) is 0 Å². The summed E-state index contributed by atoms with van der Waals surface area (Å²) in [4.78, 5) is 0. The van der Waals surface area contributed by atoms with Gasteiger partial charge in [-0.2, -0.15) is 0 Å². The summed E-state index contributed by atoms with van der Waals surface area (Å²) in [6.45, 7) is 13.1. The predicted octanol–water partition coefficient (Wildman–Crippen LogP) is 2.77. The summed E-state index contributed by atoms with van der Waals surface area (Å²) in [5.41, 5.74) is 5.02. The van der Waals surface area contributed by atoms with Crippen molar-refractivity contribution < 1.29 is 9.31 Å². The Labute approximate surface area is 105 Å². The van der Waals surface area contributed by atoms with E-state index in [1.807, 2.05) is 20.8 Å². The summed E-state index contributed by atoms with van der Waals surface area (Å²) < 4.78 is 11.3. The van der Waals surface area contributed by atoms with Crippen LogP contribution in [0.1, 0.15) is 37.5 Å². The number of benzene rings is 1. The summed E-state index contributed by atoms with van der Waals surface area (Å²) >= 11 is 0. The second kappa shape index (κ2) is 6.22. The lowest BCUT2D eigenvalue weighted by Crippen LogP contribution is -2.35. The number of hydrogen-bond donors (Lipinski definition) is 0. The van der Waals surface area contributed by atoms with Gasteiger partial charge in [0.25, 0.3) is 0 Å². The summed E-state index contributed by atoms with van der Waals surface area (Å²) in [6.07, 6.45) is 0.204. The highest BCUT2D eigenvalue weighted by Gasteiger charge is 2.32. The molecule has 1 aliphatic heterocycles. The average molecular weight is 234 g/mol. The summed E-state index contributed by atoms with van der Waals surface area (Å²) in [5, 5.41) is 0. The third kappa shape index (κ3) is 3.33. The maximum absolute atomic E-state index is 5.72. The minimum Gasteiger partial charge on any atom is -0.405 e. The van der Waals surface area contributed by atoms with E-state index in [4.69, 9.17) is 9.31 Å². The fraction of sp³-hybridized carbons (Fsp3) is 0.571. The first-order valence-electron chi connectivity index (χ1n) is 6.42. The fourth-order valence-corrected chi connectivity index (χ4v) is 1.99. The van der Waals surface area contributed by atoms with Crippen LogP contribution in [-0.4, -0.2) is 19.8 Å². The van der Waals surface area contributed by atoms with Gasteiger partial charge in [0.2, 0.25) is 0 Å². The van der Waals surface area contributed by atoms with Crippen molar-refractivity contribution in [3.63, 3.8) is 0 Å². The van der Waals surface area contributed by atoms with Crippen molar-refractivity contribution >= 4 is 12.6 Å². The molecule has 0 spiro atoms. The Bertz CT molecular complexity index is 377. The van der Waals surface area contributed by atoms with Gasteiger partial charge in [-0.05, 0) is 44.3 Å². The molecule has 1 saturated heterocycles. The Hall–Kier alpha value is -0.795. The average Bonchev–Trinajstić information content (AvgIpc) is 2.73. The molecule has 3 heteroatoms. The molecule has 2 rings (SSSR count). The minimum absolute atomic E-state index is 0.168. The van der Waals surface area contributed by atoms with Crippen LogP contribution in [0.5, 0.6) is 0 Å². The van der Waals surface area contributed by atoms with Crippen LogP contribution in [0.25, 0.3) is 0 Å². The molecule has 1 heterocycles. The summed E-state index contributed by atoms with van der Waals surface area (Å²) in [7, 11) is -0.168. The zero-order valence-corrected chi connectivity index (χ0v) is 11.8. The Balaban J connectivity index is 0.000000686. The van der Waals surface area contributed by atoms with Crippen molar-refractivity contribution in [3.8, 4) is 0 Å². The standard InChI is InChI=1S/C12H17BO2.C2H6/c1-8-5-9(2)11(4)12(6-8)13-14-7-10(3)15-13;1-2/h5-6,10H,7H2,1-4H3;1-2H3. The molecule has 1 aromatic carbocycles. The Morgan fingerprint density at radius 3 is 2.35 bits per heavy atom. The van der Waals surface area contributed by atoms with Crippen molar-refractivity contribution in [2.75, 3.05) is 6.61 Å². The highest BCUT2D eigenvalue weighted by molar-refractivity contribution is 6.62. The third-order valence-corrected chi connectivity index (χ3v) is 2.94. The van der Waals surface area contributed by atoms with Crippen molar-refractivity contribution in [1.29, 1.82) is 0 Å². The van der Waals surface area contributed by atoms with Crippen molar-refractivity contribution in [3.05, 3.63) is 28.8 Å². The van der Waals surface area contributed by atoms with Crippen LogP contribution in [0.15, 0.2) is 12.1 Å². The van der Waals surface area contributed by atoms with Gasteiger partial charge < -0.3 is 9.31 Å². The van der Waals surface area contributed by atoms with E-state index in [9.17, 15) is 0 Å². The molecule has 1 fully saturated rings. The minimum atomic E-state index is -0.168. The Morgan fingerprint density at radius 2 is 1.82 bits per heavy atom. The zero-order chi connectivity index (χ0) is 13.0. The molecule has 1 aliphatic rings. The lowest BCUT2D eigenvalue weighted by Gasteiger charge is -2.12. The lowest BCUT2D eigenvalue weighted by atomic mass is 9.74. The summed E-state index contributed by atoms with van der Waals surface area (Å²) in [6, 6.07) is 4.35. The van der Waals surface area contributed by atoms with E-state index in [0.29, 0.717) is 6.61 Å². The first-order valence-corrected chi connectivity index (χ1v) is 6.42.